The molecule has 5 heteroatoms. The summed E-state index contributed by atoms with van der Waals surface area (Å²) in [6.07, 6.45) is 1.65. The molecule has 0 atom stereocenters. The summed E-state index contributed by atoms with van der Waals surface area (Å²) in [5.74, 6) is -0.240. The van der Waals surface area contributed by atoms with E-state index in [-0.39, 0.29) is 11.7 Å². The number of pyridine rings is 1. The highest BCUT2D eigenvalue weighted by Crippen LogP contribution is 2.20. The van der Waals surface area contributed by atoms with Gasteiger partial charge >= 0.3 is 0 Å². The van der Waals surface area contributed by atoms with Crippen molar-refractivity contribution in [2.75, 3.05) is 27.7 Å². The smallest absolute Gasteiger partial charge is 0.236 e. The second-order valence-corrected chi connectivity index (χ2v) is 5.07. The lowest BCUT2D eigenvalue weighted by molar-refractivity contribution is -0.129. The molecule has 0 aliphatic heterocycles. The average molecular weight is 275 g/mol. The van der Waals surface area contributed by atoms with Crippen LogP contribution in [-0.4, -0.2) is 48.4 Å². The van der Waals surface area contributed by atoms with E-state index in [0.29, 0.717) is 24.0 Å². The predicted octanol–water partition coefficient (Wildman–Crippen LogP) is 1.89. The Morgan fingerprint density at radius 2 is 2.00 bits per heavy atom. The van der Waals surface area contributed by atoms with Crippen LogP contribution in [-0.2, 0) is 11.3 Å². The lowest BCUT2D eigenvalue weighted by atomic mass is 10.1. The van der Waals surface area contributed by atoms with Crippen molar-refractivity contribution in [2.24, 2.45) is 0 Å². The zero-order chi connectivity index (χ0) is 14.7. The molecule has 0 unspecified atom stereocenters. The normalized spacial score (nSPS) is 11.1. The summed E-state index contributed by atoms with van der Waals surface area (Å²) < 4.78 is 13.7. The standard InChI is InChI=1S/C15H18FN3O/c1-18(2)14(20)10-19(3)9-11-6-7-13(16)12-5-4-8-17-15(11)12/h4-8H,9-10H2,1-3H3. The van der Waals surface area contributed by atoms with Crippen LogP contribution in [0.25, 0.3) is 10.9 Å². The Kier molecular flexibility index (Phi) is 4.29. The van der Waals surface area contributed by atoms with Crippen LogP contribution >= 0.6 is 0 Å². The number of amides is 1. The number of hydrogen-bond acceptors (Lipinski definition) is 3. The molecule has 106 valence electrons. The quantitative estimate of drug-likeness (QED) is 0.855. The number of fused-ring (bicyclic) bond motifs is 1. The molecular weight excluding hydrogens is 257 g/mol. The highest BCUT2D eigenvalue weighted by molar-refractivity contribution is 5.82. The molecule has 2 rings (SSSR count). The summed E-state index contributed by atoms with van der Waals surface area (Å²) in [4.78, 5) is 19.4. The van der Waals surface area contributed by atoms with E-state index in [9.17, 15) is 9.18 Å². The molecule has 0 saturated heterocycles. The third kappa shape index (κ3) is 3.11. The molecule has 0 saturated carbocycles. The summed E-state index contributed by atoms with van der Waals surface area (Å²) in [5.41, 5.74) is 1.56. The molecule has 1 heterocycles. The van der Waals surface area contributed by atoms with Crippen molar-refractivity contribution in [3.63, 3.8) is 0 Å². The fraction of sp³-hybridized carbons (Fsp3) is 0.333. The number of nitrogens with zero attached hydrogens (tertiary/aromatic N) is 3. The van der Waals surface area contributed by atoms with E-state index >= 15 is 0 Å². The molecule has 0 aliphatic carbocycles. The van der Waals surface area contributed by atoms with Gasteiger partial charge in [0.2, 0.25) is 5.91 Å². The third-order valence-electron chi connectivity index (χ3n) is 3.14. The summed E-state index contributed by atoms with van der Waals surface area (Å²) >= 11 is 0. The summed E-state index contributed by atoms with van der Waals surface area (Å²) in [5, 5.41) is 0.511. The van der Waals surface area contributed by atoms with Gasteiger partial charge < -0.3 is 4.90 Å². The van der Waals surface area contributed by atoms with E-state index in [1.807, 2.05) is 11.9 Å². The molecule has 0 bridgehead atoms. The van der Waals surface area contributed by atoms with Gasteiger partial charge in [-0.25, -0.2) is 4.39 Å². The molecule has 1 aromatic carbocycles. The molecule has 0 aliphatic rings. The highest BCUT2D eigenvalue weighted by atomic mass is 19.1. The van der Waals surface area contributed by atoms with Gasteiger partial charge in [-0.2, -0.15) is 0 Å². The van der Waals surface area contributed by atoms with Crippen molar-refractivity contribution in [3.05, 3.63) is 41.8 Å². The Labute approximate surface area is 117 Å². The first-order valence-corrected chi connectivity index (χ1v) is 6.40. The monoisotopic (exact) mass is 275 g/mol. The van der Waals surface area contributed by atoms with Crippen LogP contribution in [0.15, 0.2) is 30.5 Å². The van der Waals surface area contributed by atoms with Crippen molar-refractivity contribution < 1.29 is 9.18 Å². The van der Waals surface area contributed by atoms with Crippen LogP contribution in [0.2, 0.25) is 0 Å². The number of hydrogen-bond donors (Lipinski definition) is 0. The van der Waals surface area contributed by atoms with E-state index in [2.05, 4.69) is 4.98 Å². The molecule has 1 aromatic heterocycles. The number of halogens is 1. The molecule has 4 nitrogen and oxygen atoms in total. The van der Waals surface area contributed by atoms with Gasteiger partial charge in [-0.1, -0.05) is 6.07 Å². The third-order valence-corrected chi connectivity index (χ3v) is 3.14. The van der Waals surface area contributed by atoms with Crippen LogP contribution in [0.1, 0.15) is 5.56 Å². The Morgan fingerprint density at radius 3 is 2.70 bits per heavy atom. The molecule has 0 radical (unpaired) electrons. The minimum absolute atomic E-state index is 0.0341. The maximum atomic E-state index is 13.7. The lowest BCUT2D eigenvalue weighted by Crippen LogP contribution is -2.34. The molecular formula is C15H18FN3O. The maximum Gasteiger partial charge on any atom is 0.236 e. The number of rotatable bonds is 4. The molecule has 20 heavy (non-hydrogen) atoms. The van der Waals surface area contributed by atoms with Crippen LogP contribution < -0.4 is 0 Å². The number of carbonyl (C=O) groups excluding carboxylic acids is 1. The largest absolute Gasteiger partial charge is 0.348 e. The summed E-state index contributed by atoms with van der Waals surface area (Å²) in [6.45, 7) is 0.867. The van der Waals surface area contributed by atoms with E-state index < -0.39 is 0 Å². The Bertz CT molecular complexity index is 628. The van der Waals surface area contributed by atoms with Gasteiger partial charge in [0, 0.05) is 32.2 Å². The van der Waals surface area contributed by atoms with Crippen LogP contribution in [0.4, 0.5) is 4.39 Å². The van der Waals surface area contributed by atoms with Gasteiger partial charge in [0.1, 0.15) is 5.82 Å². The van der Waals surface area contributed by atoms with Gasteiger partial charge in [-0.05, 0) is 30.8 Å². The number of aromatic nitrogens is 1. The van der Waals surface area contributed by atoms with Gasteiger partial charge in [0.15, 0.2) is 0 Å². The second-order valence-electron chi connectivity index (χ2n) is 5.07. The maximum absolute atomic E-state index is 13.7. The van der Waals surface area contributed by atoms with E-state index in [0.717, 1.165) is 5.56 Å². The molecule has 2 aromatic rings. The Balaban J connectivity index is 2.22. The van der Waals surface area contributed by atoms with Crippen molar-refractivity contribution in [2.45, 2.75) is 6.54 Å². The first-order valence-electron chi connectivity index (χ1n) is 6.40. The van der Waals surface area contributed by atoms with Crippen molar-refractivity contribution in [1.29, 1.82) is 0 Å². The van der Waals surface area contributed by atoms with Crippen molar-refractivity contribution in [1.82, 2.24) is 14.8 Å². The van der Waals surface area contributed by atoms with E-state index in [4.69, 9.17) is 0 Å². The zero-order valence-corrected chi connectivity index (χ0v) is 11.9. The first kappa shape index (κ1) is 14.4. The van der Waals surface area contributed by atoms with Gasteiger partial charge in [0.25, 0.3) is 0 Å². The highest BCUT2D eigenvalue weighted by Gasteiger charge is 2.12. The van der Waals surface area contributed by atoms with Crippen LogP contribution in [0.5, 0.6) is 0 Å². The Hall–Kier alpha value is -2.01. The van der Waals surface area contributed by atoms with Gasteiger partial charge in [0.05, 0.1) is 12.1 Å². The van der Waals surface area contributed by atoms with Crippen LogP contribution in [0.3, 0.4) is 0 Å². The zero-order valence-electron chi connectivity index (χ0n) is 11.9. The fourth-order valence-corrected chi connectivity index (χ4v) is 2.04. The molecule has 1 amide bonds. The Morgan fingerprint density at radius 1 is 1.25 bits per heavy atom. The van der Waals surface area contributed by atoms with Gasteiger partial charge in [-0.15, -0.1) is 0 Å². The first-order chi connectivity index (χ1) is 9.49. The van der Waals surface area contributed by atoms with Crippen molar-refractivity contribution >= 4 is 16.8 Å². The number of carbonyl (C=O) groups is 1. The summed E-state index contributed by atoms with van der Waals surface area (Å²) in [6, 6.07) is 6.60. The molecule has 0 fully saturated rings. The molecule has 0 N–H and O–H groups in total. The topological polar surface area (TPSA) is 36.4 Å². The lowest BCUT2D eigenvalue weighted by Gasteiger charge is -2.19. The van der Waals surface area contributed by atoms with Crippen molar-refractivity contribution in [3.8, 4) is 0 Å². The SMILES string of the molecule is CN(CC(=O)N(C)C)Cc1ccc(F)c2cccnc12. The number of benzene rings is 1. The minimum Gasteiger partial charge on any atom is -0.348 e. The minimum atomic E-state index is -0.274. The average Bonchev–Trinajstić information content (AvgIpc) is 2.42. The second kappa shape index (κ2) is 5.96. The number of likely N-dealkylation sites (N-methyl/N-ethyl adjacent to an activating group) is 2. The van der Waals surface area contributed by atoms with Gasteiger partial charge in [-0.3, -0.25) is 14.7 Å². The predicted molar refractivity (Wildman–Crippen MR) is 76.7 cm³/mol. The fourth-order valence-electron chi connectivity index (χ4n) is 2.04. The summed E-state index contributed by atoms with van der Waals surface area (Å²) in [7, 11) is 5.32. The van der Waals surface area contributed by atoms with E-state index in [1.165, 1.54) is 6.07 Å². The molecule has 0 spiro atoms. The van der Waals surface area contributed by atoms with E-state index in [1.54, 1.807) is 43.4 Å². The van der Waals surface area contributed by atoms with Crippen LogP contribution in [0, 0.1) is 5.82 Å².